The predicted molar refractivity (Wildman–Crippen MR) is 208 cm³/mol. The standard InChI is InChI=1S/C46H34N4/c1-46(2)38-21-8-5-19-36(38)42-37(20-12-22-39(42)46)45-48-43(47-44(49-45)32-26-25-29-13-3-4-14-30(29)27-32)31-15-11-16-33(28-31)50-40-23-9-6-17-34(40)35-18-7-10-24-41(35)50/h3-28,44H,1-2H3,(H,47,48,49). The number of benzene rings is 7. The van der Waals surface area contributed by atoms with E-state index in [2.05, 4.69) is 181 Å². The number of nitrogens with zero attached hydrogens (tertiary/aromatic N) is 3. The fraction of sp³-hybridized carbons (Fsp3) is 0.0870. The molecule has 10 rings (SSSR count). The molecule has 1 atom stereocenters. The van der Waals surface area contributed by atoms with Crippen LogP contribution in [0.1, 0.15) is 47.8 Å². The van der Waals surface area contributed by atoms with Crippen LogP contribution in [0.15, 0.2) is 168 Å². The van der Waals surface area contributed by atoms with E-state index in [0.717, 1.165) is 28.2 Å². The first-order chi connectivity index (χ1) is 24.5. The Morgan fingerprint density at radius 3 is 2.06 bits per heavy atom. The summed E-state index contributed by atoms with van der Waals surface area (Å²) in [5, 5.41) is 8.67. The summed E-state index contributed by atoms with van der Waals surface area (Å²) in [6.07, 6.45) is -0.320. The van der Waals surface area contributed by atoms with E-state index >= 15 is 0 Å². The van der Waals surface area contributed by atoms with Gasteiger partial charge in [-0.25, -0.2) is 9.98 Å². The highest BCUT2D eigenvalue weighted by atomic mass is 15.2. The average molecular weight is 643 g/mol. The van der Waals surface area contributed by atoms with Gasteiger partial charge >= 0.3 is 0 Å². The van der Waals surface area contributed by atoms with Gasteiger partial charge in [-0.2, -0.15) is 0 Å². The molecule has 50 heavy (non-hydrogen) atoms. The number of amidine groups is 2. The zero-order valence-electron chi connectivity index (χ0n) is 27.9. The molecule has 238 valence electrons. The van der Waals surface area contributed by atoms with Gasteiger partial charge in [-0.05, 0) is 68.9 Å². The van der Waals surface area contributed by atoms with Crippen LogP contribution in [0.3, 0.4) is 0 Å². The molecule has 0 fully saturated rings. The molecule has 0 radical (unpaired) electrons. The van der Waals surface area contributed by atoms with Crippen molar-refractivity contribution in [3.8, 4) is 16.8 Å². The molecule has 2 heterocycles. The maximum atomic E-state index is 5.35. The molecule has 0 spiro atoms. The SMILES string of the molecule is CC1(C)c2ccccc2-c2c(C3=NC(c4cccc(-n5c6ccccc6c6ccccc65)c4)=NC(c4ccc5ccccc5c4)N3)cccc21. The molecular weight excluding hydrogens is 609 g/mol. The van der Waals surface area contributed by atoms with Gasteiger partial charge in [-0.1, -0.05) is 141 Å². The van der Waals surface area contributed by atoms with Gasteiger partial charge in [-0.15, -0.1) is 0 Å². The second kappa shape index (κ2) is 10.9. The molecule has 1 N–H and O–H groups in total. The first kappa shape index (κ1) is 28.7. The molecule has 1 aromatic heterocycles. The molecule has 4 heteroatoms. The third kappa shape index (κ3) is 4.31. The summed E-state index contributed by atoms with van der Waals surface area (Å²) < 4.78 is 2.35. The molecule has 0 saturated carbocycles. The Labute approximate surface area is 291 Å². The second-order valence-electron chi connectivity index (χ2n) is 13.9. The van der Waals surface area contributed by atoms with Crippen molar-refractivity contribution in [2.45, 2.75) is 25.4 Å². The number of aliphatic imine (C=N–C) groups is 2. The second-order valence-corrected chi connectivity index (χ2v) is 13.9. The minimum Gasteiger partial charge on any atom is -0.344 e. The molecule has 8 aromatic rings. The first-order valence-electron chi connectivity index (χ1n) is 17.3. The quantitative estimate of drug-likeness (QED) is 0.204. The summed E-state index contributed by atoms with van der Waals surface area (Å²) in [6, 6.07) is 56.5. The molecule has 1 aliphatic heterocycles. The van der Waals surface area contributed by atoms with Crippen LogP contribution < -0.4 is 5.32 Å². The van der Waals surface area contributed by atoms with Crippen LogP contribution in [0.2, 0.25) is 0 Å². The van der Waals surface area contributed by atoms with E-state index in [0.29, 0.717) is 5.84 Å². The number of rotatable bonds is 4. The number of aromatic nitrogens is 1. The molecular formula is C46H34N4. The van der Waals surface area contributed by atoms with Crippen LogP contribution in [0.5, 0.6) is 0 Å². The van der Waals surface area contributed by atoms with Crippen LogP contribution in [0.25, 0.3) is 49.4 Å². The van der Waals surface area contributed by atoms with Crippen LogP contribution in [0, 0.1) is 0 Å². The summed E-state index contributed by atoms with van der Waals surface area (Å²) >= 11 is 0. The van der Waals surface area contributed by atoms with Crippen molar-refractivity contribution in [3.63, 3.8) is 0 Å². The lowest BCUT2D eigenvalue weighted by Crippen LogP contribution is -2.34. The fourth-order valence-electron chi connectivity index (χ4n) is 8.20. The van der Waals surface area contributed by atoms with Gasteiger partial charge < -0.3 is 9.88 Å². The van der Waals surface area contributed by atoms with Gasteiger partial charge in [0.15, 0.2) is 5.84 Å². The smallest absolute Gasteiger partial charge is 0.159 e. The molecule has 0 bridgehead atoms. The first-order valence-corrected chi connectivity index (χ1v) is 17.3. The van der Waals surface area contributed by atoms with Gasteiger partial charge in [-0.3, -0.25) is 0 Å². The lowest BCUT2D eigenvalue weighted by molar-refractivity contribution is 0.659. The molecule has 1 unspecified atom stereocenters. The van der Waals surface area contributed by atoms with Gasteiger partial charge in [0.2, 0.25) is 0 Å². The van der Waals surface area contributed by atoms with E-state index < -0.39 is 0 Å². The Hall–Kier alpha value is -6.26. The monoisotopic (exact) mass is 642 g/mol. The lowest BCUT2D eigenvalue weighted by Gasteiger charge is -2.26. The van der Waals surface area contributed by atoms with Crippen molar-refractivity contribution in [1.29, 1.82) is 0 Å². The van der Waals surface area contributed by atoms with Gasteiger partial charge in [0.05, 0.1) is 11.0 Å². The molecule has 0 amide bonds. The third-order valence-corrected chi connectivity index (χ3v) is 10.6. The molecule has 4 nitrogen and oxygen atoms in total. The summed E-state index contributed by atoms with van der Waals surface area (Å²) in [4.78, 5) is 10.7. The van der Waals surface area contributed by atoms with Gasteiger partial charge in [0, 0.05) is 33.0 Å². The zero-order chi connectivity index (χ0) is 33.4. The van der Waals surface area contributed by atoms with E-state index in [-0.39, 0.29) is 11.6 Å². The van der Waals surface area contributed by atoms with E-state index in [9.17, 15) is 0 Å². The maximum Gasteiger partial charge on any atom is 0.159 e. The maximum absolute atomic E-state index is 5.35. The largest absolute Gasteiger partial charge is 0.344 e. The summed E-state index contributed by atoms with van der Waals surface area (Å²) in [6.45, 7) is 4.64. The Bertz CT molecular complexity index is 2670. The molecule has 7 aromatic carbocycles. The summed E-state index contributed by atoms with van der Waals surface area (Å²) in [5.74, 6) is 1.54. The van der Waals surface area contributed by atoms with Crippen LogP contribution in [-0.2, 0) is 5.41 Å². The highest BCUT2D eigenvalue weighted by Crippen LogP contribution is 2.50. The Balaban J connectivity index is 1.17. The minimum atomic E-state index is -0.320. The molecule has 0 saturated heterocycles. The molecule has 2 aliphatic rings. The Kier molecular flexibility index (Phi) is 6.25. The fourth-order valence-corrected chi connectivity index (χ4v) is 8.20. The van der Waals surface area contributed by atoms with E-state index in [1.807, 2.05) is 0 Å². The van der Waals surface area contributed by atoms with Crippen molar-refractivity contribution in [3.05, 3.63) is 186 Å². The van der Waals surface area contributed by atoms with Gasteiger partial charge in [0.1, 0.15) is 12.0 Å². The highest BCUT2D eigenvalue weighted by molar-refractivity contribution is 6.16. The Morgan fingerprint density at radius 1 is 0.580 bits per heavy atom. The zero-order valence-corrected chi connectivity index (χ0v) is 27.9. The van der Waals surface area contributed by atoms with E-state index in [4.69, 9.17) is 9.98 Å². The predicted octanol–water partition coefficient (Wildman–Crippen LogP) is 10.7. The topological polar surface area (TPSA) is 41.7 Å². The van der Waals surface area contributed by atoms with Crippen molar-refractivity contribution >= 4 is 44.2 Å². The minimum absolute atomic E-state index is 0.109. The Morgan fingerprint density at radius 2 is 1.24 bits per heavy atom. The summed E-state index contributed by atoms with van der Waals surface area (Å²) in [7, 11) is 0. The van der Waals surface area contributed by atoms with Gasteiger partial charge in [0.25, 0.3) is 0 Å². The van der Waals surface area contributed by atoms with Crippen molar-refractivity contribution in [1.82, 2.24) is 9.88 Å². The van der Waals surface area contributed by atoms with Crippen molar-refractivity contribution in [2.75, 3.05) is 0 Å². The van der Waals surface area contributed by atoms with Crippen LogP contribution in [0.4, 0.5) is 0 Å². The number of para-hydroxylation sites is 2. The lowest BCUT2D eigenvalue weighted by atomic mass is 9.82. The average Bonchev–Trinajstić information content (AvgIpc) is 3.63. The summed E-state index contributed by atoms with van der Waals surface area (Å²) in [5.41, 5.74) is 11.7. The normalized spacial score (nSPS) is 16.2. The third-order valence-electron chi connectivity index (χ3n) is 10.6. The van der Waals surface area contributed by atoms with Crippen molar-refractivity contribution < 1.29 is 0 Å². The van der Waals surface area contributed by atoms with Crippen LogP contribution in [-0.4, -0.2) is 16.2 Å². The number of hydrogen-bond donors (Lipinski definition) is 1. The van der Waals surface area contributed by atoms with E-state index in [1.165, 1.54) is 54.8 Å². The number of fused-ring (bicyclic) bond motifs is 7. The van der Waals surface area contributed by atoms with Crippen LogP contribution >= 0.6 is 0 Å². The van der Waals surface area contributed by atoms with E-state index in [1.54, 1.807) is 0 Å². The number of hydrogen-bond acceptors (Lipinski definition) is 3. The highest BCUT2D eigenvalue weighted by Gasteiger charge is 2.37. The number of nitrogens with one attached hydrogen (secondary N) is 1. The van der Waals surface area contributed by atoms with Crippen molar-refractivity contribution in [2.24, 2.45) is 9.98 Å². The molecule has 1 aliphatic carbocycles.